The predicted octanol–water partition coefficient (Wildman–Crippen LogP) is 6.05. The molecule has 0 aromatic heterocycles. The lowest BCUT2D eigenvalue weighted by Gasteiger charge is -2.10. The molecule has 0 spiro atoms. The lowest BCUT2D eigenvalue weighted by Crippen LogP contribution is -2.23. The number of esters is 1. The Morgan fingerprint density at radius 2 is 1.82 bits per heavy atom. The van der Waals surface area contributed by atoms with Crippen molar-refractivity contribution in [2.75, 3.05) is 14.2 Å². The topological polar surface area (TPSA) is 68.2 Å². The van der Waals surface area contributed by atoms with Crippen LogP contribution in [-0.2, 0) is 16.1 Å². The molecule has 0 bridgehead atoms. The monoisotopic (exact) mass is 536 g/mol. The van der Waals surface area contributed by atoms with E-state index in [0.29, 0.717) is 33.7 Å². The van der Waals surface area contributed by atoms with E-state index in [1.165, 1.54) is 23.8 Å². The highest BCUT2D eigenvalue weighted by atomic mass is 79.9. The average Bonchev–Trinajstić information content (AvgIpc) is 3.11. The van der Waals surface area contributed by atoms with E-state index in [9.17, 15) is 9.59 Å². The Balaban J connectivity index is 1.56. The zero-order valence-electron chi connectivity index (χ0n) is 18.5. The number of carbonyl (C=O) groups is 2. The Bertz CT molecular complexity index is 1270. The number of ether oxygens (including phenoxy) is 2. The fraction of sp³-hybridized carbons (Fsp3) is 0.115. The van der Waals surface area contributed by atoms with Gasteiger partial charge in [0.2, 0.25) is 0 Å². The maximum Gasteiger partial charge on any atom is 0.337 e. The average molecular weight is 537 g/mol. The first-order valence-electron chi connectivity index (χ1n) is 10.4. The second kappa shape index (κ2) is 10.7. The van der Waals surface area contributed by atoms with E-state index in [-0.39, 0.29) is 5.91 Å². The van der Waals surface area contributed by atoms with Crippen LogP contribution in [0.1, 0.15) is 21.5 Å². The molecule has 8 heteroatoms. The number of amidine groups is 1. The fourth-order valence-corrected chi connectivity index (χ4v) is 4.55. The fourth-order valence-electron chi connectivity index (χ4n) is 3.19. The van der Waals surface area contributed by atoms with Gasteiger partial charge in [-0.05, 0) is 65.9 Å². The van der Waals surface area contributed by atoms with Crippen molar-refractivity contribution >= 4 is 56.5 Å². The predicted molar refractivity (Wildman–Crippen MR) is 138 cm³/mol. The number of carbonyl (C=O) groups excluding carboxylic acids is 2. The summed E-state index contributed by atoms with van der Waals surface area (Å²) < 4.78 is 11.6. The normalized spacial score (nSPS) is 15.7. The van der Waals surface area contributed by atoms with Crippen LogP contribution in [0, 0.1) is 0 Å². The smallest absolute Gasteiger partial charge is 0.337 e. The molecular weight excluding hydrogens is 516 g/mol. The van der Waals surface area contributed by atoms with Gasteiger partial charge in [0.15, 0.2) is 5.17 Å². The second-order valence-electron chi connectivity index (χ2n) is 7.36. The van der Waals surface area contributed by atoms with Crippen LogP contribution in [0.5, 0.6) is 5.75 Å². The number of nitrogens with zero attached hydrogens (tertiary/aromatic N) is 2. The highest BCUT2D eigenvalue weighted by Crippen LogP contribution is 2.35. The summed E-state index contributed by atoms with van der Waals surface area (Å²) in [5.41, 5.74) is 2.92. The van der Waals surface area contributed by atoms with Gasteiger partial charge >= 0.3 is 5.97 Å². The minimum atomic E-state index is -0.411. The van der Waals surface area contributed by atoms with Gasteiger partial charge < -0.3 is 9.47 Å². The molecule has 3 aromatic carbocycles. The standard InChI is InChI=1S/C26H21BrN2O4S/c1-29-24(30)23(34-26(29)28-21-11-8-18(9-12-21)25(31)32-2)15-19-14-20(27)10-13-22(19)33-16-17-6-4-3-5-7-17/h3-15H,16H2,1-2H3. The molecule has 3 aromatic rings. The number of hydrogen-bond donors (Lipinski definition) is 0. The summed E-state index contributed by atoms with van der Waals surface area (Å²) in [4.78, 5) is 31.2. The molecule has 1 heterocycles. The van der Waals surface area contributed by atoms with Gasteiger partial charge in [0.05, 0.1) is 23.3 Å². The largest absolute Gasteiger partial charge is 0.488 e. The molecule has 172 valence electrons. The Morgan fingerprint density at radius 1 is 1.09 bits per heavy atom. The molecule has 4 rings (SSSR count). The summed E-state index contributed by atoms with van der Waals surface area (Å²) in [5.74, 6) is 0.120. The maximum absolute atomic E-state index is 12.9. The van der Waals surface area contributed by atoms with Crippen molar-refractivity contribution in [2.45, 2.75) is 6.61 Å². The number of amides is 1. The highest BCUT2D eigenvalue weighted by molar-refractivity contribution is 9.10. The summed E-state index contributed by atoms with van der Waals surface area (Å²) in [6.45, 7) is 0.425. The summed E-state index contributed by atoms with van der Waals surface area (Å²) in [6, 6.07) is 22.3. The third kappa shape index (κ3) is 5.58. The number of halogens is 1. The molecule has 1 aliphatic heterocycles. The van der Waals surface area contributed by atoms with Gasteiger partial charge in [-0.2, -0.15) is 0 Å². The van der Waals surface area contributed by atoms with Crippen molar-refractivity contribution < 1.29 is 19.1 Å². The van der Waals surface area contributed by atoms with Gasteiger partial charge in [-0.1, -0.05) is 46.3 Å². The van der Waals surface area contributed by atoms with Crippen molar-refractivity contribution in [3.05, 3.63) is 98.9 Å². The lowest BCUT2D eigenvalue weighted by molar-refractivity contribution is -0.121. The minimum Gasteiger partial charge on any atom is -0.488 e. The number of benzene rings is 3. The van der Waals surface area contributed by atoms with Gasteiger partial charge in [-0.25, -0.2) is 9.79 Å². The summed E-state index contributed by atoms with van der Waals surface area (Å²) in [7, 11) is 3.02. The Hall–Kier alpha value is -3.36. The second-order valence-corrected chi connectivity index (χ2v) is 9.29. The van der Waals surface area contributed by atoms with Crippen molar-refractivity contribution in [3.63, 3.8) is 0 Å². The number of thioether (sulfide) groups is 1. The third-order valence-electron chi connectivity index (χ3n) is 5.01. The van der Waals surface area contributed by atoms with Crippen LogP contribution in [0.25, 0.3) is 6.08 Å². The van der Waals surface area contributed by atoms with E-state index < -0.39 is 5.97 Å². The Morgan fingerprint density at radius 3 is 2.53 bits per heavy atom. The molecule has 1 saturated heterocycles. The van der Waals surface area contributed by atoms with Crippen molar-refractivity contribution in [2.24, 2.45) is 4.99 Å². The van der Waals surface area contributed by atoms with Crippen molar-refractivity contribution in [3.8, 4) is 5.75 Å². The van der Waals surface area contributed by atoms with Gasteiger partial charge in [0, 0.05) is 17.1 Å². The van der Waals surface area contributed by atoms with E-state index in [0.717, 1.165) is 15.6 Å². The molecule has 1 fully saturated rings. The van der Waals surface area contributed by atoms with Crippen LogP contribution in [0.15, 0.2) is 87.2 Å². The molecule has 0 unspecified atom stereocenters. The number of hydrogen-bond acceptors (Lipinski definition) is 6. The quantitative estimate of drug-likeness (QED) is 0.283. The van der Waals surface area contributed by atoms with E-state index in [1.54, 1.807) is 31.3 Å². The van der Waals surface area contributed by atoms with Gasteiger partial charge in [0.25, 0.3) is 5.91 Å². The first kappa shape index (κ1) is 23.8. The molecule has 0 aliphatic carbocycles. The molecule has 34 heavy (non-hydrogen) atoms. The van der Waals surface area contributed by atoms with Crippen molar-refractivity contribution in [1.82, 2.24) is 4.90 Å². The van der Waals surface area contributed by atoms with E-state index in [2.05, 4.69) is 20.9 Å². The van der Waals surface area contributed by atoms with Crippen LogP contribution in [0.3, 0.4) is 0 Å². The highest BCUT2D eigenvalue weighted by Gasteiger charge is 2.30. The molecule has 1 aliphatic rings. The van der Waals surface area contributed by atoms with Gasteiger partial charge in [-0.15, -0.1) is 0 Å². The number of likely N-dealkylation sites (N-methyl/N-ethyl adjacent to an activating group) is 1. The number of aliphatic imine (C=N–C) groups is 1. The van der Waals surface area contributed by atoms with Crippen LogP contribution in [0.4, 0.5) is 5.69 Å². The zero-order valence-corrected chi connectivity index (χ0v) is 20.9. The molecule has 0 saturated carbocycles. The van der Waals surface area contributed by atoms with Crippen LogP contribution >= 0.6 is 27.7 Å². The van der Waals surface area contributed by atoms with Crippen LogP contribution in [0.2, 0.25) is 0 Å². The number of methoxy groups -OCH3 is 1. The van der Waals surface area contributed by atoms with Crippen molar-refractivity contribution in [1.29, 1.82) is 0 Å². The first-order chi connectivity index (χ1) is 16.4. The molecule has 0 atom stereocenters. The Labute approximate surface area is 210 Å². The van der Waals surface area contributed by atoms with Crippen LogP contribution < -0.4 is 4.74 Å². The summed E-state index contributed by atoms with van der Waals surface area (Å²) in [5, 5.41) is 0.545. The minimum absolute atomic E-state index is 0.149. The summed E-state index contributed by atoms with van der Waals surface area (Å²) in [6.07, 6.45) is 1.82. The Kier molecular flexibility index (Phi) is 7.49. The zero-order chi connectivity index (χ0) is 24.1. The molecule has 6 nitrogen and oxygen atoms in total. The van der Waals surface area contributed by atoms with E-state index >= 15 is 0 Å². The number of rotatable bonds is 6. The molecule has 1 amide bonds. The molecule has 0 N–H and O–H groups in total. The van der Waals surface area contributed by atoms with E-state index in [1.807, 2.05) is 54.6 Å². The van der Waals surface area contributed by atoms with Gasteiger partial charge in [-0.3, -0.25) is 9.69 Å². The molecule has 0 radical (unpaired) electrons. The SMILES string of the molecule is COC(=O)c1ccc(N=C2SC(=Cc3cc(Br)ccc3OCc3ccccc3)C(=O)N2C)cc1. The van der Waals surface area contributed by atoms with Gasteiger partial charge in [0.1, 0.15) is 12.4 Å². The first-order valence-corrected chi connectivity index (χ1v) is 12.0. The molecular formula is C26H21BrN2O4S. The van der Waals surface area contributed by atoms with Crippen LogP contribution in [-0.4, -0.2) is 36.1 Å². The maximum atomic E-state index is 12.9. The van der Waals surface area contributed by atoms with E-state index in [4.69, 9.17) is 9.47 Å². The third-order valence-corrected chi connectivity index (χ3v) is 6.57. The lowest BCUT2D eigenvalue weighted by atomic mass is 10.1. The summed E-state index contributed by atoms with van der Waals surface area (Å²) >= 11 is 4.79.